The minimum atomic E-state index is -0.552. The van der Waals surface area contributed by atoms with Gasteiger partial charge in [-0.25, -0.2) is 5.84 Å². The SMILES string of the molecule is CCCC(Oc1cccnc1)C(=O)NN. The van der Waals surface area contributed by atoms with Gasteiger partial charge in [-0.3, -0.25) is 15.2 Å². The molecule has 5 nitrogen and oxygen atoms in total. The molecule has 1 unspecified atom stereocenters. The molecule has 0 aromatic carbocycles. The van der Waals surface area contributed by atoms with E-state index in [2.05, 4.69) is 10.4 Å². The number of rotatable bonds is 5. The van der Waals surface area contributed by atoms with Crippen LogP contribution in [0.2, 0.25) is 0 Å². The summed E-state index contributed by atoms with van der Waals surface area (Å²) in [7, 11) is 0. The van der Waals surface area contributed by atoms with Crippen LogP contribution in [-0.4, -0.2) is 17.0 Å². The number of hydrazine groups is 1. The molecule has 0 aliphatic heterocycles. The quantitative estimate of drug-likeness (QED) is 0.423. The van der Waals surface area contributed by atoms with Crippen LogP contribution in [0.5, 0.6) is 5.75 Å². The summed E-state index contributed by atoms with van der Waals surface area (Å²) in [6.07, 6.45) is 4.12. The Balaban J connectivity index is 2.62. The summed E-state index contributed by atoms with van der Waals surface area (Å²) in [6.45, 7) is 1.98. The van der Waals surface area contributed by atoms with E-state index in [4.69, 9.17) is 10.6 Å². The molecule has 1 atom stereocenters. The molecule has 1 rings (SSSR count). The second kappa shape index (κ2) is 5.98. The van der Waals surface area contributed by atoms with E-state index in [9.17, 15) is 4.79 Å². The Morgan fingerprint density at radius 1 is 1.73 bits per heavy atom. The molecule has 1 heterocycles. The highest BCUT2D eigenvalue weighted by Gasteiger charge is 2.18. The minimum absolute atomic E-state index is 0.319. The smallest absolute Gasteiger partial charge is 0.274 e. The zero-order chi connectivity index (χ0) is 11.1. The zero-order valence-electron chi connectivity index (χ0n) is 8.64. The molecular weight excluding hydrogens is 194 g/mol. The number of aromatic nitrogens is 1. The topological polar surface area (TPSA) is 77.2 Å². The van der Waals surface area contributed by atoms with Crippen molar-refractivity contribution in [1.29, 1.82) is 0 Å². The number of hydrogen-bond acceptors (Lipinski definition) is 4. The number of carbonyl (C=O) groups excluding carboxylic acids is 1. The summed E-state index contributed by atoms with van der Waals surface area (Å²) in [5.74, 6) is 5.31. The van der Waals surface area contributed by atoms with Crippen LogP contribution in [0.1, 0.15) is 19.8 Å². The van der Waals surface area contributed by atoms with E-state index < -0.39 is 6.10 Å². The standard InChI is InChI=1S/C10H15N3O2/c1-2-4-9(10(14)13-11)15-8-5-3-6-12-7-8/h3,5-7,9H,2,4,11H2,1H3,(H,13,14). The molecule has 1 amide bonds. The first-order chi connectivity index (χ1) is 7.27. The third kappa shape index (κ3) is 3.55. The van der Waals surface area contributed by atoms with Crippen molar-refractivity contribution in [2.24, 2.45) is 5.84 Å². The van der Waals surface area contributed by atoms with Gasteiger partial charge in [-0.15, -0.1) is 0 Å². The molecule has 0 saturated heterocycles. The normalized spacial score (nSPS) is 11.9. The van der Waals surface area contributed by atoms with Crippen LogP contribution in [0.15, 0.2) is 24.5 Å². The molecule has 0 fully saturated rings. The molecule has 0 aliphatic rings. The summed E-state index contributed by atoms with van der Waals surface area (Å²) in [5.41, 5.74) is 2.09. The Labute approximate surface area is 88.6 Å². The lowest BCUT2D eigenvalue weighted by Gasteiger charge is -2.16. The summed E-state index contributed by atoms with van der Waals surface area (Å²) in [6, 6.07) is 3.50. The third-order valence-corrected chi connectivity index (χ3v) is 1.90. The molecule has 0 radical (unpaired) electrons. The lowest BCUT2D eigenvalue weighted by Crippen LogP contribution is -2.42. The number of carbonyl (C=O) groups is 1. The molecule has 0 aliphatic carbocycles. The highest BCUT2D eigenvalue weighted by atomic mass is 16.5. The van der Waals surface area contributed by atoms with E-state index in [0.29, 0.717) is 12.2 Å². The van der Waals surface area contributed by atoms with E-state index in [1.807, 2.05) is 6.92 Å². The van der Waals surface area contributed by atoms with Gasteiger partial charge in [-0.1, -0.05) is 13.3 Å². The van der Waals surface area contributed by atoms with Crippen LogP contribution in [0.4, 0.5) is 0 Å². The van der Waals surface area contributed by atoms with Crippen LogP contribution >= 0.6 is 0 Å². The lowest BCUT2D eigenvalue weighted by molar-refractivity contribution is -0.128. The van der Waals surface area contributed by atoms with Crippen molar-refractivity contribution in [3.63, 3.8) is 0 Å². The average molecular weight is 209 g/mol. The lowest BCUT2D eigenvalue weighted by atomic mass is 10.2. The molecule has 15 heavy (non-hydrogen) atoms. The Morgan fingerprint density at radius 3 is 3.07 bits per heavy atom. The summed E-state index contributed by atoms with van der Waals surface area (Å²) >= 11 is 0. The monoisotopic (exact) mass is 209 g/mol. The van der Waals surface area contributed by atoms with Crippen LogP contribution in [0.25, 0.3) is 0 Å². The van der Waals surface area contributed by atoms with Crippen molar-refractivity contribution >= 4 is 5.91 Å². The second-order valence-electron chi connectivity index (χ2n) is 3.09. The predicted molar refractivity (Wildman–Crippen MR) is 55.9 cm³/mol. The highest BCUT2D eigenvalue weighted by Crippen LogP contribution is 2.12. The number of nitrogens with two attached hydrogens (primary N) is 1. The maximum Gasteiger partial charge on any atom is 0.274 e. The van der Waals surface area contributed by atoms with Gasteiger partial charge in [0.1, 0.15) is 5.75 Å². The number of pyridine rings is 1. The number of nitrogens with zero attached hydrogens (tertiary/aromatic N) is 1. The fourth-order valence-corrected chi connectivity index (χ4v) is 1.18. The van der Waals surface area contributed by atoms with Crippen molar-refractivity contribution in [2.75, 3.05) is 0 Å². The second-order valence-corrected chi connectivity index (χ2v) is 3.09. The molecule has 1 aromatic heterocycles. The zero-order valence-corrected chi connectivity index (χ0v) is 8.64. The fraction of sp³-hybridized carbons (Fsp3) is 0.400. The van der Waals surface area contributed by atoms with Gasteiger partial charge in [-0.2, -0.15) is 0 Å². The molecule has 82 valence electrons. The van der Waals surface area contributed by atoms with Gasteiger partial charge in [0, 0.05) is 6.20 Å². The Morgan fingerprint density at radius 2 is 2.53 bits per heavy atom. The van der Waals surface area contributed by atoms with Crippen molar-refractivity contribution < 1.29 is 9.53 Å². The summed E-state index contributed by atoms with van der Waals surface area (Å²) in [5, 5.41) is 0. The largest absolute Gasteiger partial charge is 0.479 e. The molecule has 3 N–H and O–H groups in total. The molecule has 5 heteroatoms. The van der Waals surface area contributed by atoms with Gasteiger partial charge in [-0.05, 0) is 18.6 Å². The summed E-state index contributed by atoms with van der Waals surface area (Å²) in [4.78, 5) is 15.2. The predicted octanol–water partition coefficient (Wildman–Crippen LogP) is 0.619. The van der Waals surface area contributed by atoms with E-state index in [0.717, 1.165) is 6.42 Å². The van der Waals surface area contributed by atoms with Crippen LogP contribution in [0, 0.1) is 0 Å². The van der Waals surface area contributed by atoms with Crippen LogP contribution in [0.3, 0.4) is 0 Å². The van der Waals surface area contributed by atoms with Gasteiger partial charge < -0.3 is 4.74 Å². The van der Waals surface area contributed by atoms with E-state index in [1.165, 1.54) is 0 Å². The van der Waals surface area contributed by atoms with Gasteiger partial charge in [0.2, 0.25) is 0 Å². The maximum absolute atomic E-state index is 11.3. The van der Waals surface area contributed by atoms with E-state index >= 15 is 0 Å². The first kappa shape index (κ1) is 11.5. The van der Waals surface area contributed by atoms with Crippen LogP contribution < -0.4 is 16.0 Å². The van der Waals surface area contributed by atoms with Crippen molar-refractivity contribution in [2.45, 2.75) is 25.9 Å². The Bertz CT molecular complexity index is 303. The maximum atomic E-state index is 11.3. The van der Waals surface area contributed by atoms with Crippen molar-refractivity contribution in [3.05, 3.63) is 24.5 Å². The number of nitrogens with one attached hydrogen (secondary N) is 1. The van der Waals surface area contributed by atoms with Gasteiger partial charge in [0.05, 0.1) is 6.20 Å². The van der Waals surface area contributed by atoms with Crippen molar-refractivity contribution in [3.8, 4) is 5.75 Å². The molecule has 0 bridgehead atoms. The fourth-order valence-electron chi connectivity index (χ4n) is 1.18. The number of ether oxygens (including phenoxy) is 1. The number of amides is 1. The molecular formula is C10H15N3O2. The molecule has 0 spiro atoms. The van der Waals surface area contributed by atoms with E-state index in [-0.39, 0.29) is 5.91 Å². The van der Waals surface area contributed by atoms with Gasteiger partial charge in [0.15, 0.2) is 6.10 Å². The molecule has 0 saturated carbocycles. The van der Waals surface area contributed by atoms with Crippen molar-refractivity contribution in [1.82, 2.24) is 10.4 Å². The molecule has 1 aromatic rings. The van der Waals surface area contributed by atoms with E-state index in [1.54, 1.807) is 24.5 Å². The first-order valence-electron chi connectivity index (χ1n) is 4.85. The Kier molecular flexibility index (Phi) is 4.56. The Hall–Kier alpha value is -1.62. The third-order valence-electron chi connectivity index (χ3n) is 1.90. The minimum Gasteiger partial charge on any atom is -0.479 e. The van der Waals surface area contributed by atoms with Gasteiger partial charge in [0.25, 0.3) is 5.91 Å². The summed E-state index contributed by atoms with van der Waals surface area (Å²) < 4.78 is 5.45. The highest BCUT2D eigenvalue weighted by molar-refractivity contribution is 5.80. The number of hydrogen-bond donors (Lipinski definition) is 2. The van der Waals surface area contributed by atoms with Crippen LogP contribution in [-0.2, 0) is 4.79 Å². The van der Waals surface area contributed by atoms with Gasteiger partial charge >= 0.3 is 0 Å². The first-order valence-corrected chi connectivity index (χ1v) is 4.85. The average Bonchev–Trinajstić information content (AvgIpc) is 2.29.